The van der Waals surface area contributed by atoms with E-state index in [0.717, 1.165) is 27.4 Å². The molecule has 0 aliphatic carbocycles. The first-order chi connectivity index (χ1) is 9.81. The van der Waals surface area contributed by atoms with Crippen LogP contribution in [0.15, 0.2) is 41.8 Å². The highest BCUT2D eigenvalue weighted by Gasteiger charge is 2.27. The third-order valence-electron chi connectivity index (χ3n) is 3.49. The molecule has 0 unspecified atom stereocenters. The third kappa shape index (κ3) is 1.87. The monoisotopic (exact) mass is 283 g/mol. The van der Waals surface area contributed by atoms with Crippen LogP contribution in [0, 0.1) is 0 Å². The number of hydrogen-bond acceptors (Lipinski definition) is 5. The second-order valence-corrected chi connectivity index (χ2v) is 5.87. The highest BCUT2D eigenvalue weighted by Crippen LogP contribution is 2.31. The SMILES string of the molecule is OC1CN(c2nc(-c3cccs3)nc3ccccc23)C1. The molecular formula is C15H13N3OS. The number of benzene rings is 1. The van der Waals surface area contributed by atoms with Crippen LogP contribution in [0.5, 0.6) is 0 Å². The van der Waals surface area contributed by atoms with Gasteiger partial charge in [-0.25, -0.2) is 9.97 Å². The zero-order valence-electron chi connectivity index (χ0n) is 10.7. The molecule has 0 spiro atoms. The zero-order chi connectivity index (χ0) is 13.5. The molecule has 2 aromatic heterocycles. The smallest absolute Gasteiger partial charge is 0.172 e. The van der Waals surface area contributed by atoms with Gasteiger partial charge < -0.3 is 10.0 Å². The fourth-order valence-electron chi connectivity index (χ4n) is 2.45. The molecule has 0 amide bonds. The molecule has 1 N–H and O–H groups in total. The molecule has 1 aliphatic rings. The summed E-state index contributed by atoms with van der Waals surface area (Å²) in [6.45, 7) is 1.29. The minimum absolute atomic E-state index is 0.242. The van der Waals surface area contributed by atoms with Crippen LogP contribution in [0.2, 0.25) is 0 Å². The fraction of sp³-hybridized carbons (Fsp3) is 0.200. The van der Waals surface area contributed by atoms with Crippen molar-refractivity contribution in [3.8, 4) is 10.7 Å². The van der Waals surface area contributed by atoms with E-state index in [1.165, 1.54) is 0 Å². The van der Waals surface area contributed by atoms with E-state index in [9.17, 15) is 5.11 Å². The minimum atomic E-state index is -0.242. The Labute approximate surface area is 120 Å². The summed E-state index contributed by atoms with van der Waals surface area (Å²) in [5, 5.41) is 12.6. The molecule has 5 heteroatoms. The van der Waals surface area contributed by atoms with Gasteiger partial charge >= 0.3 is 0 Å². The van der Waals surface area contributed by atoms with Gasteiger partial charge in [0.15, 0.2) is 5.82 Å². The van der Waals surface area contributed by atoms with Gasteiger partial charge in [0.05, 0.1) is 16.5 Å². The number of aliphatic hydroxyl groups is 1. The van der Waals surface area contributed by atoms with Crippen molar-refractivity contribution in [1.29, 1.82) is 0 Å². The lowest BCUT2D eigenvalue weighted by molar-refractivity contribution is 0.141. The van der Waals surface area contributed by atoms with Gasteiger partial charge in [-0.2, -0.15) is 0 Å². The van der Waals surface area contributed by atoms with Crippen molar-refractivity contribution in [2.75, 3.05) is 18.0 Å². The number of para-hydroxylation sites is 1. The second-order valence-electron chi connectivity index (χ2n) is 4.92. The predicted octanol–water partition coefficient (Wildman–Crippen LogP) is 2.54. The Morgan fingerprint density at radius 3 is 2.70 bits per heavy atom. The van der Waals surface area contributed by atoms with Gasteiger partial charge in [0, 0.05) is 18.5 Å². The molecule has 4 nitrogen and oxygen atoms in total. The molecule has 4 rings (SSSR count). The molecule has 1 aromatic carbocycles. The van der Waals surface area contributed by atoms with Crippen molar-refractivity contribution >= 4 is 28.1 Å². The average molecular weight is 283 g/mol. The van der Waals surface area contributed by atoms with E-state index >= 15 is 0 Å². The maximum absolute atomic E-state index is 9.52. The normalized spacial score (nSPS) is 15.6. The Hall–Kier alpha value is -1.98. The van der Waals surface area contributed by atoms with Crippen LogP contribution < -0.4 is 4.90 Å². The van der Waals surface area contributed by atoms with Crippen molar-refractivity contribution in [1.82, 2.24) is 9.97 Å². The van der Waals surface area contributed by atoms with Gasteiger partial charge in [-0.3, -0.25) is 0 Å². The third-order valence-corrected chi connectivity index (χ3v) is 4.35. The Kier molecular flexibility index (Phi) is 2.68. The van der Waals surface area contributed by atoms with Crippen molar-refractivity contribution in [3.05, 3.63) is 41.8 Å². The molecule has 100 valence electrons. The molecule has 1 saturated heterocycles. The summed E-state index contributed by atoms with van der Waals surface area (Å²) in [6.07, 6.45) is -0.242. The maximum Gasteiger partial charge on any atom is 0.172 e. The Balaban J connectivity index is 1.90. The Morgan fingerprint density at radius 1 is 1.10 bits per heavy atom. The lowest BCUT2D eigenvalue weighted by Crippen LogP contribution is -2.51. The number of hydrogen-bond donors (Lipinski definition) is 1. The quantitative estimate of drug-likeness (QED) is 0.785. The summed E-state index contributed by atoms with van der Waals surface area (Å²) in [5.41, 5.74) is 0.947. The van der Waals surface area contributed by atoms with E-state index < -0.39 is 0 Å². The first-order valence-electron chi connectivity index (χ1n) is 6.55. The van der Waals surface area contributed by atoms with Crippen LogP contribution in [0.3, 0.4) is 0 Å². The largest absolute Gasteiger partial charge is 0.389 e. The number of fused-ring (bicyclic) bond motifs is 1. The summed E-state index contributed by atoms with van der Waals surface area (Å²) in [5.74, 6) is 1.68. The van der Waals surface area contributed by atoms with Crippen LogP contribution in [-0.2, 0) is 0 Å². The van der Waals surface area contributed by atoms with Crippen LogP contribution in [-0.4, -0.2) is 34.3 Å². The summed E-state index contributed by atoms with van der Waals surface area (Å²) < 4.78 is 0. The van der Waals surface area contributed by atoms with Crippen LogP contribution in [0.1, 0.15) is 0 Å². The molecule has 3 aromatic rings. The predicted molar refractivity (Wildman–Crippen MR) is 81.1 cm³/mol. The number of anilines is 1. The van der Waals surface area contributed by atoms with E-state index in [1.807, 2.05) is 41.8 Å². The van der Waals surface area contributed by atoms with E-state index in [4.69, 9.17) is 4.98 Å². The van der Waals surface area contributed by atoms with Gasteiger partial charge in [0.25, 0.3) is 0 Å². The van der Waals surface area contributed by atoms with Gasteiger partial charge in [-0.1, -0.05) is 18.2 Å². The molecule has 0 radical (unpaired) electrons. The maximum atomic E-state index is 9.52. The molecule has 1 aliphatic heterocycles. The molecule has 0 atom stereocenters. The molecule has 20 heavy (non-hydrogen) atoms. The van der Waals surface area contributed by atoms with Gasteiger partial charge in [-0.15, -0.1) is 11.3 Å². The van der Waals surface area contributed by atoms with Gasteiger partial charge in [0.1, 0.15) is 5.82 Å². The Bertz CT molecular complexity index is 751. The summed E-state index contributed by atoms with van der Waals surface area (Å²) in [7, 11) is 0. The Morgan fingerprint density at radius 2 is 1.95 bits per heavy atom. The van der Waals surface area contributed by atoms with E-state index in [-0.39, 0.29) is 6.10 Å². The summed E-state index contributed by atoms with van der Waals surface area (Å²) >= 11 is 1.64. The molecule has 1 fully saturated rings. The lowest BCUT2D eigenvalue weighted by atomic mass is 10.1. The first kappa shape index (κ1) is 11.8. The van der Waals surface area contributed by atoms with E-state index in [1.54, 1.807) is 11.3 Å². The number of aliphatic hydroxyl groups excluding tert-OH is 1. The van der Waals surface area contributed by atoms with Crippen molar-refractivity contribution < 1.29 is 5.11 Å². The van der Waals surface area contributed by atoms with Crippen LogP contribution in [0.25, 0.3) is 21.6 Å². The molecule has 0 bridgehead atoms. The van der Waals surface area contributed by atoms with Gasteiger partial charge in [0.2, 0.25) is 0 Å². The standard InChI is InChI=1S/C15H13N3OS/c19-10-8-18(9-10)15-11-4-1-2-5-12(11)16-14(17-15)13-6-3-7-20-13/h1-7,10,19H,8-9H2. The fourth-order valence-corrected chi connectivity index (χ4v) is 3.10. The lowest BCUT2D eigenvalue weighted by Gasteiger charge is -2.37. The molecular weight excluding hydrogens is 270 g/mol. The molecule has 0 saturated carbocycles. The highest BCUT2D eigenvalue weighted by atomic mass is 32.1. The number of aromatic nitrogens is 2. The second kappa shape index (κ2) is 4.54. The minimum Gasteiger partial charge on any atom is -0.389 e. The molecule has 3 heterocycles. The topological polar surface area (TPSA) is 49.2 Å². The highest BCUT2D eigenvalue weighted by molar-refractivity contribution is 7.13. The zero-order valence-corrected chi connectivity index (χ0v) is 11.5. The number of nitrogens with zero attached hydrogens (tertiary/aromatic N) is 3. The van der Waals surface area contributed by atoms with Crippen molar-refractivity contribution in [2.24, 2.45) is 0 Å². The first-order valence-corrected chi connectivity index (χ1v) is 7.43. The van der Waals surface area contributed by atoms with Crippen LogP contribution in [0.4, 0.5) is 5.82 Å². The number of rotatable bonds is 2. The van der Waals surface area contributed by atoms with Gasteiger partial charge in [-0.05, 0) is 23.6 Å². The number of β-amino-alcohol motifs (C(OH)–C–C–N with tert-alkyl or cyclic N) is 1. The van der Waals surface area contributed by atoms with Crippen molar-refractivity contribution in [2.45, 2.75) is 6.10 Å². The van der Waals surface area contributed by atoms with Crippen LogP contribution >= 0.6 is 11.3 Å². The summed E-state index contributed by atoms with van der Waals surface area (Å²) in [4.78, 5) is 12.5. The van der Waals surface area contributed by atoms with E-state index in [2.05, 4.69) is 9.88 Å². The van der Waals surface area contributed by atoms with E-state index in [0.29, 0.717) is 13.1 Å². The summed E-state index contributed by atoms with van der Waals surface area (Å²) in [6, 6.07) is 12.1. The number of thiophene rings is 1. The average Bonchev–Trinajstić information content (AvgIpc) is 2.97. The van der Waals surface area contributed by atoms with Crippen molar-refractivity contribution in [3.63, 3.8) is 0 Å².